The van der Waals surface area contributed by atoms with Crippen molar-refractivity contribution in [2.45, 2.75) is 27.3 Å². The molecule has 0 fully saturated rings. The van der Waals surface area contributed by atoms with Crippen LogP contribution in [0.4, 0.5) is 11.4 Å². The number of amides is 1. The highest BCUT2D eigenvalue weighted by molar-refractivity contribution is 7.92. The maximum absolute atomic E-state index is 12.6. The number of sulfonamides is 1. The second kappa shape index (κ2) is 8.38. The van der Waals surface area contributed by atoms with Crippen molar-refractivity contribution >= 4 is 48.9 Å². The SMILES string of the molecule is CCN(c1ccc(C(=O)Nc2ccc3c(c2)sc(=O)n3CC)cc1)S(=O)(=O)CC. The molecule has 0 aliphatic rings. The van der Waals surface area contributed by atoms with Crippen LogP contribution in [0.3, 0.4) is 0 Å². The Labute approximate surface area is 173 Å². The van der Waals surface area contributed by atoms with Gasteiger partial charge in [0.2, 0.25) is 10.0 Å². The van der Waals surface area contributed by atoms with Crippen LogP contribution >= 0.6 is 11.3 Å². The van der Waals surface area contributed by atoms with E-state index in [1.165, 1.54) is 4.31 Å². The quantitative estimate of drug-likeness (QED) is 0.618. The van der Waals surface area contributed by atoms with Crippen LogP contribution in [0.25, 0.3) is 10.2 Å². The number of nitrogens with zero attached hydrogens (tertiary/aromatic N) is 2. The molecule has 0 spiro atoms. The van der Waals surface area contributed by atoms with Crippen LogP contribution in [0.5, 0.6) is 0 Å². The van der Waals surface area contributed by atoms with E-state index in [0.29, 0.717) is 30.0 Å². The zero-order chi connectivity index (χ0) is 21.2. The fraction of sp³-hybridized carbons (Fsp3) is 0.300. The number of hydrogen-bond acceptors (Lipinski definition) is 5. The van der Waals surface area contributed by atoms with E-state index in [1.807, 2.05) is 13.0 Å². The lowest BCUT2D eigenvalue weighted by Crippen LogP contribution is -2.32. The summed E-state index contributed by atoms with van der Waals surface area (Å²) in [5.41, 5.74) is 2.39. The summed E-state index contributed by atoms with van der Waals surface area (Å²) in [7, 11) is -3.36. The average molecular weight is 434 g/mol. The first-order valence-corrected chi connectivity index (χ1v) is 11.8. The number of aryl methyl sites for hydroxylation is 1. The highest BCUT2D eigenvalue weighted by Crippen LogP contribution is 2.23. The third-order valence-corrected chi connectivity index (χ3v) is 7.46. The van der Waals surface area contributed by atoms with Crippen LogP contribution in [-0.2, 0) is 16.6 Å². The summed E-state index contributed by atoms with van der Waals surface area (Å²) in [6, 6.07) is 11.8. The minimum Gasteiger partial charge on any atom is -0.322 e. The van der Waals surface area contributed by atoms with Gasteiger partial charge >= 0.3 is 4.87 Å². The van der Waals surface area contributed by atoms with Crippen molar-refractivity contribution in [2.75, 3.05) is 21.9 Å². The first-order chi connectivity index (χ1) is 13.8. The second-order valence-electron chi connectivity index (χ2n) is 6.36. The summed E-state index contributed by atoms with van der Waals surface area (Å²) in [5, 5.41) is 2.83. The van der Waals surface area contributed by atoms with E-state index in [4.69, 9.17) is 0 Å². The molecule has 0 radical (unpaired) electrons. The minimum absolute atomic E-state index is 0.0113. The maximum atomic E-state index is 12.6. The Morgan fingerprint density at radius 3 is 2.38 bits per heavy atom. The normalized spacial score (nSPS) is 11.6. The van der Waals surface area contributed by atoms with Gasteiger partial charge in [-0.3, -0.25) is 18.5 Å². The van der Waals surface area contributed by atoms with Crippen LogP contribution in [-0.4, -0.2) is 31.2 Å². The number of anilines is 2. The van der Waals surface area contributed by atoms with Gasteiger partial charge in [0, 0.05) is 24.3 Å². The molecule has 3 rings (SSSR count). The van der Waals surface area contributed by atoms with Crippen molar-refractivity contribution in [3.05, 3.63) is 57.7 Å². The zero-order valence-corrected chi connectivity index (χ0v) is 18.1. The topological polar surface area (TPSA) is 88.5 Å². The number of fused-ring (bicyclic) bond motifs is 1. The molecule has 1 heterocycles. The van der Waals surface area contributed by atoms with Gasteiger partial charge in [-0.25, -0.2) is 8.42 Å². The smallest absolute Gasteiger partial charge is 0.308 e. The van der Waals surface area contributed by atoms with E-state index in [2.05, 4.69) is 5.32 Å². The van der Waals surface area contributed by atoms with E-state index in [9.17, 15) is 18.0 Å². The van der Waals surface area contributed by atoms with Gasteiger partial charge in [-0.05, 0) is 63.2 Å². The van der Waals surface area contributed by atoms with Crippen LogP contribution in [0, 0.1) is 0 Å². The van der Waals surface area contributed by atoms with Gasteiger partial charge in [0.1, 0.15) is 0 Å². The summed E-state index contributed by atoms with van der Waals surface area (Å²) in [5.74, 6) is -0.295. The predicted molar refractivity (Wildman–Crippen MR) is 119 cm³/mol. The molecule has 3 aromatic rings. The van der Waals surface area contributed by atoms with Crippen LogP contribution < -0.4 is 14.5 Å². The first-order valence-electron chi connectivity index (χ1n) is 9.36. The summed E-state index contributed by atoms with van der Waals surface area (Å²) < 4.78 is 28.2. The highest BCUT2D eigenvalue weighted by atomic mass is 32.2. The first kappa shape index (κ1) is 21.1. The molecule has 0 bridgehead atoms. The number of rotatable bonds is 7. The summed E-state index contributed by atoms with van der Waals surface area (Å²) in [6.45, 7) is 6.20. The lowest BCUT2D eigenvalue weighted by atomic mass is 10.2. The van der Waals surface area contributed by atoms with Crippen molar-refractivity contribution in [1.29, 1.82) is 0 Å². The van der Waals surface area contributed by atoms with Gasteiger partial charge in [-0.2, -0.15) is 0 Å². The van der Waals surface area contributed by atoms with Gasteiger partial charge in [0.05, 0.1) is 21.7 Å². The average Bonchev–Trinajstić information content (AvgIpc) is 3.02. The highest BCUT2D eigenvalue weighted by Gasteiger charge is 2.19. The Hall–Kier alpha value is -2.65. The van der Waals surface area contributed by atoms with E-state index in [0.717, 1.165) is 21.6 Å². The molecule has 1 amide bonds. The maximum Gasteiger partial charge on any atom is 0.308 e. The van der Waals surface area contributed by atoms with E-state index >= 15 is 0 Å². The molecule has 1 N–H and O–H groups in total. The number of benzene rings is 2. The molecule has 0 aliphatic heterocycles. The number of carbonyl (C=O) groups excluding carboxylic acids is 1. The van der Waals surface area contributed by atoms with Gasteiger partial charge in [-0.15, -0.1) is 0 Å². The van der Waals surface area contributed by atoms with Crippen LogP contribution in [0.1, 0.15) is 31.1 Å². The lowest BCUT2D eigenvalue weighted by molar-refractivity contribution is 0.102. The van der Waals surface area contributed by atoms with Crippen LogP contribution in [0.2, 0.25) is 0 Å². The molecule has 154 valence electrons. The zero-order valence-electron chi connectivity index (χ0n) is 16.5. The van der Waals surface area contributed by atoms with Gasteiger partial charge in [0.25, 0.3) is 5.91 Å². The molecule has 2 aromatic carbocycles. The number of thiazole rings is 1. The van der Waals surface area contributed by atoms with Crippen molar-refractivity contribution in [1.82, 2.24) is 4.57 Å². The predicted octanol–water partition coefficient (Wildman–Crippen LogP) is 3.51. The Kier molecular flexibility index (Phi) is 6.09. The fourth-order valence-electron chi connectivity index (χ4n) is 3.12. The standard InChI is InChI=1S/C20H23N3O4S2/c1-4-22-17-12-9-15(13-18(17)28-20(22)25)21-19(24)14-7-10-16(11-8-14)23(5-2)29(26,27)6-3/h7-13H,4-6H2,1-3H3,(H,21,24). The molecule has 0 saturated heterocycles. The van der Waals surface area contributed by atoms with Crippen molar-refractivity contribution in [3.63, 3.8) is 0 Å². The molecule has 0 atom stereocenters. The summed E-state index contributed by atoms with van der Waals surface area (Å²) >= 11 is 1.15. The lowest BCUT2D eigenvalue weighted by Gasteiger charge is -2.22. The van der Waals surface area contributed by atoms with Crippen molar-refractivity contribution < 1.29 is 13.2 Å². The van der Waals surface area contributed by atoms with Crippen molar-refractivity contribution in [3.8, 4) is 0 Å². The fourth-order valence-corrected chi connectivity index (χ4v) is 5.26. The molecular formula is C20H23N3O4S2. The molecule has 0 aliphatic carbocycles. The summed E-state index contributed by atoms with van der Waals surface area (Å²) in [6.07, 6.45) is 0. The molecule has 1 aromatic heterocycles. The molecular weight excluding hydrogens is 410 g/mol. The number of hydrogen-bond donors (Lipinski definition) is 1. The van der Waals surface area contributed by atoms with Gasteiger partial charge in [0.15, 0.2) is 0 Å². The molecule has 0 saturated carbocycles. The van der Waals surface area contributed by atoms with Crippen molar-refractivity contribution in [2.24, 2.45) is 0 Å². The Morgan fingerprint density at radius 1 is 1.10 bits per heavy atom. The van der Waals surface area contributed by atoms with E-state index in [1.54, 1.807) is 54.8 Å². The van der Waals surface area contributed by atoms with Crippen LogP contribution in [0.15, 0.2) is 47.3 Å². The van der Waals surface area contributed by atoms with E-state index in [-0.39, 0.29) is 16.5 Å². The summed E-state index contributed by atoms with van der Waals surface area (Å²) in [4.78, 5) is 24.5. The third kappa shape index (κ3) is 4.20. The van der Waals surface area contributed by atoms with Gasteiger partial charge < -0.3 is 5.32 Å². The molecule has 0 unspecified atom stereocenters. The third-order valence-electron chi connectivity index (χ3n) is 4.65. The largest absolute Gasteiger partial charge is 0.322 e. The molecule has 9 heteroatoms. The number of aromatic nitrogens is 1. The molecule has 7 nitrogen and oxygen atoms in total. The molecule has 29 heavy (non-hydrogen) atoms. The number of carbonyl (C=O) groups is 1. The Balaban J connectivity index is 1.81. The minimum atomic E-state index is -3.36. The monoisotopic (exact) mass is 433 g/mol. The van der Waals surface area contributed by atoms with Gasteiger partial charge in [-0.1, -0.05) is 11.3 Å². The Morgan fingerprint density at radius 2 is 1.79 bits per heavy atom. The number of nitrogens with one attached hydrogen (secondary N) is 1. The Bertz CT molecular complexity index is 1190. The van der Waals surface area contributed by atoms with E-state index < -0.39 is 10.0 Å². The second-order valence-corrected chi connectivity index (χ2v) is 9.54.